The number of hydrogen-bond donors (Lipinski definition) is 2. The Balaban J connectivity index is 2.15. The number of carbonyl (C=O) groups excluding carboxylic acids is 3. The van der Waals surface area contributed by atoms with Gasteiger partial charge >= 0.3 is 5.97 Å². The fourth-order valence-corrected chi connectivity index (χ4v) is 4.45. The van der Waals surface area contributed by atoms with Gasteiger partial charge in [0, 0.05) is 17.8 Å². The topological polar surface area (TPSA) is 112 Å². The molecule has 9 heteroatoms. The quantitative estimate of drug-likeness (QED) is 0.244. The lowest BCUT2D eigenvalue weighted by molar-refractivity contribution is -0.139. The van der Waals surface area contributed by atoms with Gasteiger partial charge < -0.3 is 29.4 Å². The van der Waals surface area contributed by atoms with E-state index in [4.69, 9.17) is 9.47 Å². The second kappa shape index (κ2) is 10.8. The van der Waals surface area contributed by atoms with Crippen LogP contribution in [0.2, 0.25) is 0 Å². The van der Waals surface area contributed by atoms with E-state index >= 15 is 0 Å². The minimum Gasteiger partial charge on any atom is -0.507 e. The zero-order chi connectivity index (χ0) is 25.9. The predicted molar refractivity (Wildman–Crippen MR) is 131 cm³/mol. The maximum atomic E-state index is 13.3. The molecule has 1 amide bonds. The molecule has 9 nitrogen and oxygen atoms in total. The number of amides is 1. The number of H-pyrrole nitrogens is 1. The molecule has 1 aliphatic rings. The summed E-state index contributed by atoms with van der Waals surface area (Å²) in [6, 6.07) is 6.29. The van der Waals surface area contributed by atoms with Crippen LogP contribution >= 0.6 is 0 Å². The highest BCUT2D eigenvalue weighted by molar-refractivity contribution is 6.46. The van der Waals surface area contributed by atoms with Gasteiger partial charge in [-0.05, 0) is 71.1 Å². The van der Waals surface area contributed by atoms with Crippen LogP contribution in [0.4, 0.5) is 0 Å². The number of methoxy groups -OCH3 is 1. The summed E-state index contributed by atoms with van der Waals surface area (Å²) < 4.78 is 10.4. The molecule has 0 unspecified atom stereocenters. The molecule has 2 heterocycles. The number of ketones is 1. The van der Waals surface area contributed by atoms with E-state index in [2.05, 4.69) is 4.98 Å². The summed E-state index contributed by atoms with van der Waals surface area (Å²) in [7, 11) is 5.43. The van der Waals surface area contributed by atoms with Gasteiger partial charge in [0.1, 0.15) is 17.2 Å². The number of carbonyl (C=O) groups is 3. The lowest BCUT2D eigenvalue weighted by atomic mass is 9.94. The maximum absolute atomic E-state index is 13.3. The first-order valence-corrected chi connectivity index (χ1v) is 11.6. The molecule has 0 aliphatic carbocycles. The van der Waals surface area contributed by atoms with E-state index < -0.39 is 23.7 Å². The van der Waals surface area contributed by atoms with Crippen LogP contribution < -0.4 is 4.74 Å². The maximum Gasteiger partial charge on any atom is 0.355 e. The van der Waals surface area contributed by atoms with Crippen LogP contribution in [0, 0.1) is 13.8 Å². The van der Waals surface area contributed by atoms with Crippen LogP contribution in [0.3, 0.4) is 0 Å². The Labute approximate surface area is 205 Å². The number of likely N-dealkylation sites (tertiary alicyclic amines) is 1. The number of ether oxygens (including phenoxy) is 2. The van der Waals surface area contributed by atoms with Crippen LogP contribution in [-0.4, -0.2) is 78.5 Å². The van der Waals surface area contributed by atoms with Crippen LogP contribution in [0.5, 0.6) is 5.75 Å². The summed E-state index contributed by atoms with van der Waals surface area (Å²) >= 11 is 0. The van der Waals surface area contributed by atoms with E-state index in [0.29, 0.717) is 41.1 Å². The molecule has 3 rings (SSSR count). The Bertz CT molecular complexity index is 1150. The lowest BCUT2D eigenvalue weighted by Crippen LogP contribution is -2.32. The molecule has 1 saturated heterocycles. The number of benzene rings is 1. The van der Waals surface area contributed by atoms with Crippen molar-refractivity contribution in [2.45, 2.75) is 33.2 Å². The van der Waals surface area contributed by atoms with Crippen LogP contribution in [0.15, 0.2) is 29.8 Å². The Kier molecular flexibility index (Phi) is 8.01. The zero-order valence-electron chi connectivity index (χ0n) is 21.1. The molecule has 0 bridgehead atoms. The highest BCUT2D eigenvalue weighted by Crippen LogP contribution is 2.41. The highest BCUT2D eigenvalue weighted by Gasteiger charge is 2.46. The summed E-state index contributed by atoms with van der Waals surface area (Å²) in [6.45, 7) is 6.34. The molecule has 0 radical (unpaired) electrons. The molecule has 1 aromatic heterocycles. The first kappa shape index (κ1) is 26.0. The number of aromatic nitrogens is 1. The summed E-state index contributed by atoms with van der Waals surface area (Å²) in [4.78, 5) is 45.2. The van der Waals surface area contributed by atoms with E-state index in [1.165, 1.54) is 4.90 Å². The van der Waals surface area contributed by atoms with E-state index in [-0.39, 0.29) is 23.6 Å². The van der Waals surface area contributed by atoms with E-state index in [1.54, 1.807) is 52.1 Å². The van der Waals surface area contributed by atoms with Crippen LogP contribution in [-0.2, 0) is 14.3 Å². The molecule has 1 aliphatic heterocycles. The summed E-state index contributed by atoms with van der Waals surface area (Å²) in [5, 5.41) is 11.4. The number of rotatable bonds is 9. The molecule has 0 spiro atoms. The standard InChI is InChI=1S/C26H33N3O6/c1-7-35-26(33)21-15(2)19(16(3)27-21)23(30)20-22(17-9-11-18(34-6)12-10-17)29(25(32)24(20)31)14-8-13-28(4)5/h9-12,22,27,30H,7-8,13-14H2,1-6H3/b23-20+/t22-/m0/s1. The molecular weight excluding hydrogens is 450 g/mol. The van der Waals surface area contributed by atoms with Gasteiger partial charge in [0.15, 0.2) is 0 Å². The minimum absolute atomic E-state index is 0.00868. The number of esters is 1. The van der Waals surface area contributed by atoms with Gasteiger partial charge in [-0.25, -0.2) is 4.79 Å². The number of nitrogens with zero attached hydrogens (tertiary/aromatic N) is 2. The van der Waals surface area contributed by atoms with E-state index in [1.807, 2.05) is 19.0 Å². The van der Waals surface area contributed by atoms with Gasteiger partial charge in [0.2, 0.25) is 0 Å². The first-order chi connectivity index (χ1) is 16.6. The minimum atomic E-state index is -0.775. The number of nitrogens with one attached hydrogen (secondary N) is 1. The fraction of sp³-hybridized carbons (Fsp3) is 0.423. The third kappa shape index (κ3) is 5.09. The smallest absolute Gasteiger partial charge is 0.355 e. The van der Waals surface area contributed by atoms with Crippen molar-refractivity contribution in [2.24, 2.45) is 0 Å². The SMILES string of the molecule is CCOC(=O)c1[nH]c(C)c(/C(O)=C2\C(=O)C(=O)N(CCCN(C)C)[C@H]2c2ccc(OC)cc2)c1C. The summed E-state index contributed by atoms with van der Waals surface area (Å²) in [5.41, 5.74) is 2.13. The van der Waals surface area contributed by atoms with Gasteiger partial charge in [0.05, 0.1) is 25.3 Å². The van der Waals surface area contributed by atoms with Crippen molar-refractivity contribution in [1.29, 1.82) is 0 Å². The van der Waals surface area contributed by atoms with Crippen molar-refractivity contribution in [3.63, 3.8) is 0 Å². The van der Waals surface area contributed by atoms with Crippen LogP contribution in [0.25, 0.3) is 5.76 Å². The molecule has 188 valence electrons. The van der Waals surface area contributed by atoms with Crippen molar-refractivity contribution < 1.29 is 29.0 Å². The monoisotopic (exact) mass is 483 g/mol. The number of aliphatic hydroxyl groups is 1. The Hall–Kier alpha value is -3.59. The number of aromatic amines is 1. The Morgan fingerprint density at radius 2 is 1.83 bits per heavy atom. The average Bonchev–Trinajstić information content (AvgIpc) is 3.26. The normalized spacial score (nSPS) is 17.3. The van der Waals surface area contributed by atoms with Crippen molar-refractivity contribution >= 4 is 23.4 Å². The van der Waals surface area contributed by atoms with Gasteiger partial charge in [0.25, 0.3) is 11.7 Å². The van der Waals surface area contributed by atoms with E-state index in [0.717, 1.165) is 6.54 Å². The lowest BCUT2D eigenvalue weighted by Gasteiger charge is -2.26. The Morgan fingerprint density at radius 1 is 1.17 bits per heavy atom. The molecule has 2 N–H and O–H groups in total. The van der Waals surface area contributed by atoms with Gasteiger partial charge in [-0.15, -0.1) is 0 Å². The highest BCUT2D eigenvalue weighted by atomic mass is 16.5. The number of hydrogen-bond acceptors (Lipinski definition) is 7. The van der Waals surface area contributed by atoms with Crippen molar-refractivity contribution in [1.82, 2.24) is 14.8 Å². The Morgan fingerprint density at radius 3 is 2.40 bits per heavy atom. The molecule has 1 atom stereocenters. The second-order valence-corrected chi connectivity index (χ2v) is 8.77. The third-order valence-electron chi connectivity index (χ3n) is 6.13. The van der Waals surface area contributed by atoms with Crippen LogP contribution in [0.1, 0.15) is 52.3 Å². The summed E-state index contributed by atoms with van der Waals surface area (Å²) in [6.07, 6.45) is 0.655. The zero-order valence-corrected chi connectivity index (χ0v) is 21.1. The third-order valence-corrected chi connectivity index (χ3v) is 6.13. The molecule has 1 fully saturated rings. The summed E-state index contributed by atoms with van der Waals surface area (Å²) in [5.74, 6) is -1.66. The van der Waals surface area contributed by atoms with Gasteiger partial charge in [-0.2, -0.15) is 0 Å². The number of aryl methyl sites for hydroxylation is 1. The van der Waals surface area contributed by atoms with Crippen molar-refractivity contribution in [3.05, 3.63) is 57.9 Å². The number of aliphatic hydroxyl groups excluding tert-OH is 1. The molecular formula is C26H33N3O6. The first-order valence-electron chi connectivity index (χ1n) is 11.6. The van der Waals surface area contributed by atoms with Crippen molar-refractivity contribution in [3.8, 4) is 5.75 Å². The molecule has 35 heavy (non-hydrogen) atoms. The van der Waals surface area contributed by atoms with Gasteiger partial charge in [-0.3, -0.25) is 9.59 Å². The number of Topliss-reactive ketones (excluding diaryl/α,β-unsaturated/α-hetero) is 1. The molecule has 0 saturated carbocycles. The second-order valence-electron chi connectivity index (χ2n) is 8.77. The average molecular weight is 484 g/mol. The molecule has 2 aromatic rings. The largest absolute Gasteiger partial charge is 0.507 e. The predicted octanol–water partition coefficient (Wildman–Crippen LogP) is 3.19. The fourth-order valence-electron chi connectivity index (χ4n) is 4.45. The van der Waals surface area contributed by atoms with Gasteiger partial charge in [-0.1, -0.05) is 12.1 Å². The molecule has 1 aromatic carbocycles. The van der Waals surface area contributed by atoms with Crippen molar-refractivity contribution in [2.75, 3.05) is 40.9 Å². The van der Waals surface area contributed by atoms with E-state index in [9.17, 15) is 19.5 Å².